The van der Waals surface area contributed by atoms with Crippen LogP contribution in [0.1, 0.15) is 19.8 Å². The lowest BCUT2D eigenvalue weighted by Crippen LogP contribution is -2.58. The molecule has 2 aliphatic heterocycles. The van der Waals surface area contributed by atoms with Gasteiger partial charge in [0.15, 0.2) is 6.29 Å². The van der Waals surface area contributed by atoms with Crippen LogP contribution in [0, 0.1) is 0 Å². The SMILES string of the molecule is CCN1C(=O)CCC1=O.OC[C@H]1O[C@@H](O)[C@H](O)[C@@H](O)[C@H]1O. The standard InChI is InChI=1S/C6H9NO2.C6H12O6/c1-2-7-5(8)3-4-6(7)9;7-1-2-3(8)4(9)5(10)6(11)12-2/h2-4H2,1H3;2-11H,1H2/t;2-,3+,4+,5-,6-/m.1/s1. The Labute approximate surface area is 121 Å². The van der Waals surface area contributed by atoms with Crippen molar-refractivity contribution in [2.45, 2.75) is 50.5 Å². The molecule has 5 N–H and O–H groups in total. The van der Waals surface area contributed by atoms with E-state index in [1.807, 2.05) is 0 Å². The van der Waals surface area contributed by atoms with Crippen molar-refractivity contribution in [3.63, 3.8) is 0 Å². The van der Waals surface area contributed by atoms with E-state index in [-0.39, 0.29) is 11.8 Å². The Bertz CT molecular complexity index is 356. The van der Waals surface area contributed by atoms with Crippen molar-refractivity contribution in [3.05, 3.63) is 0 Å². The molecule has 122 valence electrons. The van der Waals surface area contributed by atoms with Crippen LogP contribution in [0.15, 0.2) is 0 Å². The molecule has 2 saturated heterocycles. The molecule has 0 spiro atoms. The average Bonchev–Trinajstić information content (AvgIpc) is 2.79. The summed E-state index contributed by atoms with van der Waals surface area (Å²) >= 11 is 0. The molecule has 0 aromatic heterocycles. The van der Waals surface area contributed by atoms with Crippen LogP contribution >= 0.6 is 0 Å². The Morgan fingerprint density at radius 2 is 1.57 bits per heavy atom. The molecule has 9 nitrogen and oxygen atoms in total. The first-order valence-corrected chi connectivity index (χ1v) is 6.65. The Morgan fingerprint density at radius 3 is 1.95 bits per heavy atom. The normalized spacial score (nSPS) is 36.5. The van der Waals surface area contributed by atoms with E-state index < -0.39 is 37.3 Å². The Balaban J connectivity index is 0.000000219. The molecule has 0 aromatic carbocycles. The number of imide groups is 1. The number of carbonyl (C=O) groups is 2. The summed E-state index contributed by atoms with van der Waals surface area (Å²) in [5.74, 6) is -0.0509. The number of ether oxygens (including phenoxy) is 1. The van der Waals surface area contributed by atoms with Crippen molar-refractivity contribution in [3.8, 4) is 0 Å². The summed E-state index contributed by atoms with van der Waals surface area (Å²) in [6.07, 6.45) is -6.22. The highest BCUT2D eigenvalue weighted by Crippen LogP contribution is 2.19. The van der Waals surface area contributed by atoms with Crippen LogP contribution in [0.2, 0.25) is 0 Å². The van der Waals surface area contributed by atoms with E-state index >= 15 is 0 Å². The maximum absolute atomic E-state index is 10.7. The molecule has 0 bridgehead atoms. The van der Waals surface area contributed by atoms with Crippen molar-refractivity contribution in [2.75, 3.05) is 13.2 Å². The number of rotatable bonds is 2. The molecule has 2 amide bonds. The minimum atomic E-state index is -1.57. The number of amides is 2. The van der Waals surface area contributed by atoms with Gasteiger partial charge in [-0.1, -0.05) is 0 Å². The third-order valence-corrected chi connectivity index (χ3v) is 3.34. The first-order valence-electron chi connectivity index (χ1n) is 6.65. The lowest BCUT2D eigenvalue weighted by atomic mass is 10.00. The van der Waals surface area contributed by atoms with Gasteiger partial charge in [0.1, 0.15) is 24.4 Å². The van der Waals surface area contributed by atoms with Crippen LogP contribution in [-0.2, 0) is 14.3 Å². The maximum Gasteiger partial charge on any atom is 0.229 e. The van der Waals surface area contributed by atoms with E-state index in [4.69, 9.17) is 25.5 Å². The molecule has 9 heteroatoms. The second kappa shape index (κ2) is 7.78. The lowest BCUT2D eigenvalue weighted by Gasteiger charge is -2.37. The largest absolute Gasteiger partial charge is 0.394 e. The highest BCUT2D eigenvalue weighted by atomic mass is 16.6. The fourth-order valence-corrected chi connectivity index (χ4v) is 2.06. The van der Waals surface area contributed by atoms with E-state index in [1.54, 1.807) is 6.92 Å². The van der Waals surface area contributed by atoms with Crippen LogP contribution in [0.5, 0.6) is 0 Å². The second-order valence-corrected chi connectivity index (χ2v) is 4.75. The molecular weight excluding hydrogens is 286 g/mol. The third kappa shape index (κ3) is 4.19. The summed E-state index contributed by atoms with van der Waals surface area (Å²) in [5, 5.41) is 44.7. The van der Waals surface area contributed by atoms with Crippen LogP contribution < -0.4 is 0 Å². The van der Waals surface area contributed by atoms with Crippen molar-refractivity contribution in [1.29, 1.82) is 0 Å². The minimum absolute atomic E-state index is 0.0255. The van der Waals surface area contributed by atoms with Gasteiger partial charge in [-0.15, -0.1) is 0 Å². The molecular formula is C12H21NO8. The van der Waals surface area contributed by atoms with Crippen molar-refractivity contribution < 1.29 is 39.9 Å². The van der Waals surface area contributed by atoms with E-state index in [2.05, 4.69) is 4.74 Å². The van der Waals surface area contributed by atoms with Gasteiger partial charge in [0.2, 0.25) is 11.8 Å². The summed E-state index contributed by atoms with van der Waals surface area (Å²) in [4.78, 5) is 22.7. The molecule has 5 atom stereocenters. The van der Waals surface area contributed by atoms with Crippen LogP contribution in [0.3, 0.4) is 0 Å². The highest BCUT2D eigenvalue weighted by Gasteiger charge is 2.42. The van der Waals surface area contributed by atoms with Crippen LogP contribution in [0.4, 0.5) is 0 Å². The summed E-state index contributed by atoms with van der Waals surface area (Å²) in [5.41, 5.74) is 0. The van der Waals surface area contributed by atoms with Gasteiger partial charge in [0.05, 0.1) is 6.61 Å². The van der Waals surface area contributed by atoms with E-state index in [0.717, 1.165) is 0 Å². The number of carbonyl (C=O) groups excluding carboxylic acids is 2. The molecule has 2 fully saturated rings. The fourth-order valence-electron chi connectivity index (χ4n) is 2.06. The number of nitrogens with zero attached hydrogens (tertiary/aromatic N) is 1. The smallest absolute Gasteiger partial charge is 0.229 e. The van der Waals surface area contributed by atoms with Gasteiger partial charge in [0, 0.05) is 19.4 Å². The summed E-state index contributed by atoms with van der Waals surface area (Å²) < 4.78 is 4.58. The number of hydrogen-bond acceptors (Lipinski definition) is 8. The van der Waals surface area contributed by atoms with Crippen LogP contribution in [-0.4, -0.2) is 86.1 Å². The van der Waals surface area contributed by atoms with E-state index in [1.165, 1.54) is 4.90 Å². The first kappa shape index (κ1) is 18.0. The molecule has 2 heterocycles. The molecule has 0 aromatic rings. The predicted molar refractivity (Wildman–Crippen MR) is 67.6 cm³/mol. The third-order valence-electron chi connectivity index (χ3n) is 3.34. The molecule has 0 radical (unpaired) electrons. The summed E-state index contributed by atoms with van der Waals surface area (Å²) in [7, 11) is 0. The predicted octanol–water partition coefficient (Wildman–Crippen LogP) is -3.07. The van der Waals surface area contributed by atoms with Gasteiger partial charge in [0.25, 0.3) is 0 Å². The monoisotopic (exact) mass is 307 g/mol. The van der Waals surface area contributed by atoms with Gasteiger partial charge < -0.3 is 30.3 Å². The highest BCUT2D eigenvalue weighted by molar-refractivity contribution is 6.01. The van der Waals surface area contributed by atoms with Crippen molar-refractivity contribution in [1.82, 2.24) is 4.90 Å². The van der Waals surface area contributed by atoms with Gasteiger partial charge in [-0.3, -0.25) is 14.5 Å². The Kier molecular flexibility index (Phi) is 6.65. The fraction of sp³-hybridized carbons (Fsp3) is 0.833. The first-order chi connectivity index (χ1) is 9.83. The van der Waals surface area contributed by atoms with Gasteiger partial charge in [-0.05, 0) is 6.92 Å². The topological polar surface area (TPSA) is 148 Å². The number of hydrogen-bond donors (Lipinski definition) is 5. The van der Waals surface area contributed by atoms with E-state index in [9.17, 15) is 9.59 Å². The Hall–Kier alpha value is -1.10. The zero-order chi connectivity index (χ0) is 16.2. The molecule has 0 saturated carbocycles. The van der Waals surface area contributed by atoms with Gasteiger partial charge in [-0.25, -0.2) is 0 Å². The number of aliphatic hydroxyl groups excluding tert-OH is 5. The molecule has 2 aliphatic rings. The number of aliphatic hydroxyl groups is 5. The molecule has 21 heavy (non-hydrogen) atoms. The minimum Gasteiger partial charge on any atom is -0.394 e. The lowest BCUT2D eigenvalue weighted by molar-refractivity contribution is -0.286. The Morgan fingerprint density at radius 1 is 1.05 bits per heavy atom. The van der Waals surface area contributed by atoms with Crippen LogP contribution in [0.25, 0.3) is 0 Å². The molecule has 0 aliphatic carbocycles. The van der Waals surface area contributed by atoms with Crippen molar-refractivity contribution >= 4 is 11.8 Å². The zero-order valence-corrected chi connectivity index (χ0v) is 11.6. The summed E-state index contributed by atoms with van der Waals surface area (Å²) in [6, 6.07) is 0. The quantitative estimate of drug-likeness (QED) is 0.338. The zero-order valence-electron chi connectivity index (χ0n) is 11.6. The molecule has 2 rings (SSSR count). The average molecular weight is 307 g/mol. The molecule has 0 unspecified atom stereocenters. The van der Waals surface area contributed by atoms with Gasteiger partial charge in [-0.2, -0.15) is 0 Å². The van der Waals surface area contributed by atoms with E-state index in [0.29, 0.717) is 19.4 Å². The van der Waals surface area contributed by atoms with Gasteiger partial charge >= 0.3 is 0 Å². The number of likely N-dealkylation sites (tertiary alicyclic amines) is 1. The summed E-state index contributed by atoms with van der Waals surface area (Å²) in [6.45, 7) is 1.81. The van der Waals surface area contributed by atoms with Crippen molar-refractivity contribution in [2.24, 2.45) is 0 Å². The second-order valence-electron chi connectivity index (χ2n) is 4.75. The maximum atomic E-state index is 10.7.